The molecule has 0 unspecified atom stereocenters. The Morgan fingerprint density at radius 3 is 2.44 bits per heavy atom. The molecule has 1 N–H and O–H groups in total. The monoisotopic (exact) mass is 452 g/mol. The molecule has 4 aliphatic rings. The van der Waals surface area contributed by atoms with Crippen molar-refractivity contribution in [2.45, 2.75) is 57.1 Å². The van der Waals surface area contributed by atoms with E-state index in [1.54, 1.807) is 4.31 Å². The van der Waals surface area contributed by atoms with E-state index < -0.39 is 10.2 Å². The minimum atomic E-state index is -3.38. The summed E-state index contributed by atoms with van der Waals surface area (Å²) in [6.07, 6.45) is 7.66. The maximum absolute atomic E-state index is 13.1. The molecule has 1 aliphatic heterocycles. The maximum Gasteiger partial charge on any atom is 0.280 e. The SMILES string of the molecule is O=S1(=O)N[C@]2(CN1CC1CCC1)[C@@H]1CC[C@H]2Cc2cc(OCc3ccccc3)ccc2C1. The van der Waals surface area contributed by atoms with Crippen LogP contribution in [0.1, 0.15) is 48.8 Å². The molecule has 6 rings (SSSR count). The van der Waals surface area contributed by atoms with Gasteiger partial charge in [0.2, 0.25) is 0 Å². The van der Waals surface area contributed by atoms with Gasteiger partial charge in [-0.1, -0.05) is 42.8 Å². The second-order valence-electron chi connectivity index (χ2n) is 10.3. The lowest BCUT2D eigenvalue weighted by molar-refractivity contribution is 0.186. The predicted molar refractivity (Wildman–Crippen MR) is 125 cm³/mol. The van der Waals surface area contributed by atoms with Crippen molar-refractivity contribution >= 4 is 10.2 Å². The Labute approximate surface area is 191 Å². The van der Waals surface area contributed by atoms with Gasteiger partial charge in [0.05, 0.1) is 5.54 Å². The van der Waals surface area contributed by atoms with Gasteiger partial charge in [-0.3, -0.25) is 0 Å². The lowest BCUT2D eigenvalue weighted by Gasteiger charge is -2.34. The van der Waals surface area contributed by atoms with Crippen LogP contribution in [0.2, 0.25) is 0 Å². The van der Waals surface area contributed by atoms with Crippen LogP contribution in [0.15, 0.2) is 48.5 Å². The summed E-state index contributed by atoms with van der Waals surface area (Å²) in [6, 6.07) is 16.7. The van der Waals surface area contributed by atoms with Gasteiger partial charge in [-0.2, -0.15) is 17.4 Å². The topological polar surface area (TPSA) is 58.6 Å². The molecular weight excluding hydrogens is 420 g/mol. The Morgan fingerprint density at radius 2 is 1.72 bits per heavy atom. The van der Waals surface area contributed by atoms with Crippen molar-refractivity contribution in [3.05, 3.63) is 65.2 Å². The largest absolute Gasteiger partial charge is 0.489 e. The quantitative estimate of drug-likeness (QED) is 0.744. The van der Waals surface area contributed by atoms with E-state index in [0.29, 0.717) is 37.5 Å². The van der Waals surface area contributed by atoms with Crippen LogP contribution < -0.4 is 9.46 Å². The van der Waals surface area contributed by atoms with Gasteiger partial charge in [0.25, 0.3) is 10.2 Å². The lowest BCUT2D eigenvalue weighted by Crippen LogP contribution is -2.52. The molecule has 5 nitrogen and oxygen atoms in total. The Morgan fingerprint density at radius 1 is 0.969 bits per heavy atom. The standard InChI is InChI=1S/C26H32N2O3S/c29-32(30)27-26(18-28(32)16-19-7-4-8-19)23-10-11-24(26)14-22-15-25(12-9-21(22)13-23)31-17-20-5-2-1-3-6-20/h1-3,5-6,9,12,15,19,23-24,27H,4,7-8,10-11,13-14,16-18H2/t23-,24+,26-/m1/s1. The number of nitrogens with zero attached hydrogens (tertiary/aromatic N) is 1. The fourth-order valence-electron chi connectivity index (χ4n) is 6.44. The molecule has 3 atom stereocenters. The number of fused-ring (bicyclic) bond motifs is 1. The molecule has 1 heterocycles. The van der Waals surface area contributed by atoms with E-state index in [9.17, 15) is 8.42 Å². The highest BCUT2D eigenvalue weighted by Gasteiger charge is 2.59. The number of benzene rings is 2. The number of hydrogen-bond acceptors (Lipinski definition) is 3. The Balaban J connectivity index is 1.22. The van der Waals surface area contributed by atoms with Crippen molar-refractivity contribution in [3.8, 4) is 5.75 Å². The minimum absolute atomic E-state index is 0.313. The first kappa shape index (κ1) is 20.7. The van der Waals surface area contributed by atoms with Crippen LogP contribution in [0.3, 0.4) is 0 Å². The van der Waals surface area contributed by atoms with Gasteiger partial charge in [0.15, 0.2) is 0 Å². The third-order valence-electron chi connectivity index (χ3n) is 8.46. The summed E-state index contributed by atoms with van der Waals surface area (Å²) in [6.45, 7) is 1.90. The molecule has 1 saturated heterocycles. The molecule has 2 aromatic rings. The molecule has 32 heavy (non-hydrogen) atoms. The summed E-state index contributed by atoms with van der Waals surface area (Å²) in [7, 11) is -3.38. The molecule has 3 aliphatic carbocycles. The second kappa shape index (κ2) is 7.86. The van der Waals surface area contributed by atoms with Gasteiger partial charge in [-0.05, 0) is 85.1 Å². The lowest BCUT2D eigenvalue weighted by atomic mass is 9.79. The number of rotatable bonds is 5. The molecule has 6 heteroatoms. The van der Waals surface area contributed by atoms with Gasteiger partial charge in [-0.15, -0.1) is 0 Å². The van der Waals surface area contributed by atoms with Crippen molar-refractivity contribution in [3.63, 3.8) is 0 Å². The summed E-state index contributed by atoms with van der Waals surface area (Å²) >= 11 is 0. The van der Waals surface area contributed by atoms with Gasteiger partial charge in [0, 0.05) is 13.1 Å². The van der Waals surface area contributed by atoms with Gasteiger partial charge < -0.3 is 4.74 Å². The fourth-order valence-corrected chi connectivity index (χ4v) is 8.23. The average Bonchev–Trinajstić information content (AvgIpc) is 3.15. The van der Waals surface area contributed by atoms with Crippen LogP contribution in [-0.4, -0.2) is 31.4 Å². The van der Waals surface area contributed by atoms with E-state index >= 15 is 0 Å². The van der Waals surface area contributed by atoms with Crippen LogP contribution in [-0.2, 0) is 29.7 Å². The Hall–Kier alpha value is -1.89. The third kappa shape index (κ3) is 3.57. The van der Waals surface area contributed by atoms with E-state index in [0.717, 1.165) is 37.0 Å². The molecule has 0 radical (unpaired) electrons. The van der Waals surface area contributed by atoms with Gasteiger partial charge in [-0.25, -0.2) is 0 Å². The zero-order valence-corrected chi connectivity index (χ0v) is 19.3. The summed E-state index contributed by atoms with van der Waals surface area (Å²) in [5, 5.41) is 0. The normalized spacial score (nSPS) is 31.2. The van der Waals surface area contributed by atoms with Crippen LogP contribution in [0.25, 0.3) is 0 Å². The molecule has 3 fully saturated rings. The van der Waals surface area contributed by atoms with Crippen molar-refractivity contribution in [2.75, 3.05) is 13.1 Å². The van der Waals surface area contributed by atoms with Crippen LogP contribution in [0.5, 0.6) is 5.75 Å². The first-order valence-electron chi connectivity index (χ1n) is 12.1. The Bertz CT molecular complexity index is 1100. The van der Waals surface area contributed by atoms with Crippen molar-refractivity contribution in [1.82, 2.24) is 9.03 Å². The first-order chi connectivity index (χ1) is 15.5. The van der Waals surface area contributed by atoms with Crippen molar-refractivity contribution in [2.24, 2.45) is 17.8 Å². The highest BCUT2D eigenvalue weighted by atomic mass is 32.2. The third-order valence-corrected chi connectivity index (χ3v) is 10.1. The summed E-state index contributed by atoms with van der Waals surface area (Å²) in [5.41, 5.74) is 3.54. The predicted octanol–water partition coefficient (Wildman–Crippen LogP) is 4.08. The summed E-state index contributed by atoms with van der Waals surface area (Å²) < 4.78 is 37.2. The number of ether oxygens (including phenoxy) is 1. The fraction of sp³-hybridized carbons (Fsp3) is 0.538. The first-order valence-corrected chi connectivity index (χ1v) is 13.5. The van der Waals surface area contributed by atoms with E-state index in [4.69, 9.17) is 4.74 Å². The number of hydrogen-bond donors (Lipinski definition) is 1. The molecule has 2 aromatic carbocycles. The summed E-state index contributed by atoms with van der Waals surface area (Å²) in [5.74, 6) is 2.16. The molecule has 170 valence electrons. The van der Waals surface area contributed by atoms with Crippen LogP contribution in [0, 0.1) is 17.8 Å². The smallest absolute Gasteiger partial charge is 0.280 e. The second-order valence-corrected chi connectivity index (χ2v) is 12.0. The molecule has 0 aromatic heterocycles. The zero-order valence-electron chi connectivity index (χ0n) is 18.5. The highest BCUT2D eigenvalue weighted by Crippen LogP contribution is 2.51. The van der Waals surface area contributed by atoms with Crippen molar-refractivity contribution < 1.29 is 13.2 Å². The maximum atomic E-state index is 13.1. The van der Waals surface area contributed by atoms with Gasteiger partial charge in [0.1, 0.15) is 12.4 Å². The van der Waals surface area contributed by atoms with Crippen LogP contribution in [0.4, 0.5) is 0 Å². The average molecular weight is 453 g/mol. The molecule has 1 spiro atoms. The van der Waals surface area contributed by atoms with E-state index in [-0.39, 0.29) is 5.54 Å². The van der Waals surface area contributed by atoms with E-state index in [1.807, 2.05) is 18.2 Å². The molecule has 0 amide bonds. The van der Waals surface area contributed by atoms with Crippen molar-refractivity contribution in [1.29, 1.82) is 0 Å². The van der Waals surface area contributed by atoms with E-state index in [2.05, 4.69) is 35.1 Å². The highest BCUT2D eigenvalue weighted by molar-refractivity contribution is 7.87. The minimum Gasteiger partial charge on any atom is -0.489 e. The van der Waals surface area contributed by atoms with E-state index in [1.165, 1.54) is 30.4 Å². The van der Waals surface area contributed by atoms with Gasteiger partial charge >= 0.3 is 0 Å². The number of nitrogens with one attached hydrogen (secondary N) is 1. The summed E-state index contributed by atoms with van der Waals surface area (Å²) in [4.78, 5) is 0. The Kier molecular flexibility index (Phi) is 5.08. The molecule has 2 bridgehead atoms. The van der Waals surface area contributed by atoms with Crippen LogP contribution >= 0.6 is 0 Å². The molecular formula is C26H32N2O3S. The zero-order chi connectivity index (χ0) is 21.8. The molecule has 2 saturated carbocycles.